The van der Waals surface area contributed by atoms with Crippen molar-refractivity contribution in [2.45, 2.75) is 38.2 Å². The first kappa shape index (κ1) is 11.1. The van der Waals surface area contributed by atoms with Gasteiger partial charge in [-0.25, -0.2) is 0 Å². The van der Waals surface area contributed by atoms with Crippen molar-refractivity contribution in [3.05, 3.63) is 29.8 Å². The molecular formula is C15H20O2. The molecule has 0 radical (unpaired) electrons. The predicted molar refractivity (Wildman–Crippen MR) is 67.1 cm³/mol. The van der Waals surface area contributed by atoms with Crippen LogP contribution in [0.4, 0.5) is 0 Å². The fourth-order valence-corrected chi connectivity index (χ4v) is 3.37. The summed E-state index contributed by atoms with van der Waals surface area (Å²) in [6.07, 6.45) is 6.60. The van der Waals surface area contributed by atoms with Crippen LogP contribution in [0.1, 0.15) is 31.2 Å². The van der Waals surface area contributed by atoms with Crippen molar-refractivity contribution in [3.63, 3.8) is 0 Å². The van der Waals surface area contributed by atoms with Crippen LogP contribution in [0.3, 0.4) is 0 Å². The molecule has 0 aromatic heterocycles. The van der Waals surface area contributed by atoms with Crippen molar-refractivity contribution in [3.8, 4) is 5.75 Å². The Morgan fingerprint density at radius 2 is 1.94 bits per heavy atom. The van der Waals surface area contributed by atoms with Crippen LogP contribution in [0, 0.1) is 11.8 Å². The number of hydrogen-bond acceptors (Lipinski definition) is 2. The fourth-order valence-electron chi connectivity index (χ4n) is 3.37. The SMILES string of the molecule is OCCc1ccc(OC2CC3CCC2C3)cc1. The Morgan fingerprint density at radius 3 is 2.53 bits per heavy atom. The van der Waals surface area contributed by atoms with Crippen molar-refractivity contribution in [1.82, 2.24) is 0 Å². The lowest BCUT2D eigenvalue weighted by Gasteiger charge is -2.23. The molecule has 1 aromatic rings. The highest BCUT2D eigenvalue weighted by Crippen LogP contribution is 2.45. The van der Waals surface area contributed by atoms with E-state index >= 15 is 0 Å². The molecule has 2 fully saturated rings. The number of aliphatic hydroxyl groups is 1. The first-order chi connectivity index (χ1) is 8.35. The van der Waals surface area contributed by atoms with Crippen LogP contribution in [-0.4, -0.2) is 17.8 Å². The van der Waals surface area contributed by atoms with Gasteiger partial charge in [0.2, 0.25) is 0 Å². The van der Waals surface area contributed by atoms with Crippen molar-refractivity contribution in [1.29, 1.82) is 0 Å². The average molecular weight is 232 g/mol. The van der Waals surface area contributed by atoms with E-state index in [1.165, 1.54) is 31.2 Å². The third-order valence-electron chi connectivity index (χ3n) is 4.28. The van der Waals surface area contributed by atoms with Crippen molar-refractivity contribution in [2.75, 3.05) is 6.61 Å². The molecule has 0 amide bonds. The van der Waals surface area contributed by atoms with Gasteiger partial charge in [-0.1, -0.05) is 12.1 Å². The maximum absolute atomic E-state index is 8.86. The molecule has 0 spiro atoms. The minimum absolute atomic E-state index is 0.215. The van der Waals surface area contributed by atoms with E-state index in [2.05, 4.69) is 12.1 Å². The third kappa shape index (κ3) is 2.32. The molecule has 3 unspecified atom stereocenters. The van der Waals surface area contributed by atoms with Crippen LogP contribution in [0.5, 0.6) is 5.75 Å². The molecule has 92 valence electrons. The zero-order chi connectivity index (χ0) is 11.7. The lowest BCUT2D eigenvalue weighted by atomic mass is 9.98. The quantitative estimate of drug-likeness (QED) is 0.865. The van der Waals surface area contributed by atoms with E-state index in [0.29, 0.717) is 6.10 Å². The zero-order valence-electron chi connectivity index (χ0n) is 10.1. The van der Waals surface area contributed by atoms with Gasteiger partial charge in [0.25, 0.3) is 0 Å². The Hall–Kier alpha value is -1.02. The summed E-state index contributed by atoms with van der Waals surface area (Å²) in [5, 5.41) is 8.86. The van der Waals surface area contributed by atoms with Gasteiger partial charge >= 0.3 is 0 Å². The van der Waals surface area contributed by atoms with E-state index in [4.69, 9.17) is 9.84 Å². The number of benzene rings is 1. The molecule has 2 bridgehead atoms. The van der Waals surface area contributed by atoms with Gasteiger partial charge in [0.05, 0.1) is 0 Å². The highest BCUT2D eigenvalue weighted by molar-refractivity contribution is 5.27. The average Bonchev–Trinajstić information content (AvgIpc) is 2.94. The van der Waals surface area contributed by atoms with E-state index in [1.54, 1.807) is 0 Å². The third-order valence-corrected chi connectivity index (χ3v) is 4.28. The Bertz CT molecular complexity index is 371. The van der Waals surface area contributed by atoms with E-state index in [1.807, 2.05) is 12.1 Å². The van der Waals surface area contributed by atoms with E-state index in [-0.39, 0.29) is 6.61 Å². The molecule has 1 aromatic carbocycles. The maximum Gasteiger partial charge on any atom is 0.119 e. The van der Waals surface area contributed by atoms with Gasteiger partial charge in [0, 0.05) is 6.61 Å². The topological polar surface area (TPSA) is 29.5 Å². The summed E-state index contributed by atoms with van der Waals surface area (Å²) in [5.74, 6) is 2.72. The Morgan fingerprint density at radius 1 is 1.12 bits per heavy atom. The number of ether oxygens (including phenoxy) is 1. The predicted octanol–water partition coefficient (Wildman–Crippen LogP) is 2.79. The van der Waals surface area contributed by atoms with Crippen molar-refractivity contribution >= 4 is 0 Å². The molecule has 2 aliphatic carbocycles. The van der Waals surface area contributed by atoms with Crippen molar-refractivity contribution < 1.29 is 9.84 Å². The standard InChI is InChI=1S/C15H20O2/c16-8-7-11-2-5-14(6-3-11)17-15-10-12-1-4-13(15)9-12/h2-3,5-6,12-13,15-16H,1,4,7-10H2. The molecule has 2 saturated carbocycles. The van der Waals surface area contributed by atoms with Crippen LogP contribution < -0.4 is 4.74 Å². The molecule has 3 rings (SSSR count). The Kier molecular flexibility index (Phi) is 3.06. The number of rotatable bonds is 4. The van der Waals surface area contributed by atoms with E-state index in [9.17, 15) is 0 Å². The van der Waals surface area contributed by atoms with Crippen LogP contribution in [0.25, 0.3) is 0 Å². The number of hydrogen-bond donors (Lipinski definition) is 1. The highest BCUT2D eigenvalue weighted by atomic mass is 16.5. The minimum atomic E-state index is 0.215. The van der Waals surface area contributed by atoms with Crippen molar-refractivity contribution in [2.24, 2.45) is 11.8 Å². The molecule has 2 heteroatoms. The second-order valence-electron chi connectivity index (χ2n) is 5.45. The second kappa shape index (κ2) is 4.69. The van der Waals surface area contributed by atoms with Gasteiger partial charge in [-0.15, -0.1) is 0 Å². The number of fused-ring (bicyclic) bond motifs is 2. The normalized spacial score (nSPS) is 30.8. The first-order valence-corrected chi connectivity index (χ1v) is 6.71. The molecule has 0 heterocycles. The minimum Gasteiger partial charge on any atom is -0.490 e. The summed E-state index contributed by atoms with van der Waals surface area (Å²) >= 11 is 0. The van der Waals surface area contributed by atoms with Gasteiger partial charge < -0.3 is 9.84 Å². The molecule has 3 atom stereocenters. The molecule has 0 aliphatic heterocycles. The summed E-state index contributed by atoms with van der Waals surface area (Å²) < 4.78 is 6.08. The summed E-state index contributed by atoms with van der Waals surface area (Å²) in [6.45, 7) is 0.215. The van der Waals surface area contributed by atoms with E-state index in [0.717, 1.165) is 24.0 Å². The summed E-state index contributed by atoms with van der Waals surface area (Å²) in [6, 6.07) is 8.19. The molecule has 1 N–H and O–H groups in total. The van der Waals surface area contributed by atoms with Gasteiger partial charge in [-0.3, -0.25) is 0 Å². The monoisotopic (exact) mass is 232 g/mol. The fraction of sp³-hybridized carbons (Fsp3) is 0.600. The Labute approximate surface area is 103 Å². The van der Waals surface area contributed by atoms with Crippen LogP contribution in [0.2, 0.25) is 0 Å². The number of aliphatic hydroxyl groups excluding tert-OH is 1. The van der Waals surface area contributed by atoms with Crippen LogP contribution in [-0.2, 0) is 6.42 Å². The smallest absolute Gasteiger partial charge is 0.119 e. The van der Waals surface area contributed by atoms with Crippen LogP contribution in [0.15, 0.2) is 24.3 Å². The summed E-state index contributed by atoms with van der Waals surface area (Å²) in [5.41, 5.74) is 1.17. The molecule has 17 heavy (non-hydrogen) atoms. The first-order valence-electron chi connectivity index (χ1n) is 6.71. The van der Waals surface area contributed by atoms with Gasteiger partial charge in [0.1, 0.15) is 11.9 Å². The van der Waals surface area contributed by atoms with E-state index < -0.39 is 0 Å². The molecule has 2 aliphatic rings. The summed E-state index contributed by atoms with van der Waals surface area (Å²) in [4.78, 5) is 0. The van der Waals surface area contributed by atoms with Crippen LogP contribution >= 0.6 is 0 Å². The maximum atomic E-state index is 8.86. The largest absolute Gasteiger partial charge is 0.490 e. The molecular weight excluding hydrogens is 212 g/mol. The lowest BCUT2D eigenvalue weighted by Crippen LogP contribution is -2.23. The van der Waals surface area contributed by atoms with Gasteiger partial charge in [-0.05, 0) is 61.6 Å². The summed E-state index contributed by atoms with van der Waals surface area (Å²) in [7, 11) is 0. The second-order valence-corrected chi connectivity index (χ2v) is 5.45. The lowest BCUT2D eigenvalue weighted by molar-refractivity contribution is 0.138. The highest BCUT2D eigenvalue weighted by Gasteiger charge is 2.40. The Balaban J connectivity index is 1.61. The van der Waals surface area contributed by atoms with Gasteiger partial charge in [0.15, 0.2) is 0 Å². The molecule has 0 saturated heterocycles. The van der Waals surface area contributed by atoms with Gasteiger partial charge in [-0.2, -0.15) is 0 Å². The zero-order valence-corrected chi connectivity index (χ0v) is 10.1. The molecule has 2 nitrogen and oxygen atoms in total.